The average molecular weight is 845 g/mol. The van der Waals surface area contributed by atoms with Crippen LogP contribution >= 0.6 is 0 Å². The Labute approximate surface area is 358 Å². The van der Waals surface area contributed by atoms with Crippen LogP contribution in [0.1, 0.15) is 54.7 Å². The number of carbonyl (C=O) groups excluding carboxylic acids is 3. The molecule has 5 aromatic rings. The Balaban J connectivity index is 1.18. The number of fused-ring (bicyclic) bond motifs is 1. The Kier molecular flexibility index (Phi) is 13.3. The molecule has 3 aliphatic rings. The Morgan fingerprint density at radius 2 is 1.10 bits per heavy atom. The number of amides is 3. The Morgan fingerprint density at radius 3 is 1.60 bits per heavy atom. The van der Waals surface area contributed by atoms with E-state index in [0.29, 0.717) is 4.90 Å². The first kappa shape index (κ1) is 43.0. The third kappa shape index (κ3) is 8.83. The van der Waals surface area contributed by atoms with E-state index >= 15 is 0 Å². The highest BCUT2D eigenvalue weighted by Gasteiger charge is 2.64. The van der Waals surface area contributed by atoms with Crippen molar-refractivity contribution in [2.24, 2.45) is 0 Å². The highest BCUT2D eigenvalue weighted by molar-refractivity contribution is 6.22. The zero-order chi connectivity index (χ0) is 43.2. The van der Waals surface area contributed by atoms with E-state index in [2.05, 4.69) is 5.32 Å². The number of benzene rings is 5. The van der Waals surface area contributed by atoms with Crippen LogP contribution in [0.3, 0.4) is 0 Å². The van der Waals surface area contributed by atoms with E-state index in [4.69, 9.17) is 28.4 Å². The molecule has 0 spiro atoms. The minimum Gasteiger partial charge on any atom is -0.394 e. The van der Waals surface area contributed by atoms with Crippen LogP contribution in [0, 0.1) is 0 Å². The third-order valence-corrected chi connectivity index (χ3v) is 11.3. The van der Waals surface area contributed by atoms with Gasteiger partial charge in [-0.25, -0.2) is 4.90 Å². The van der Waals surface area contributed by atoms with Gasteiger partial charge in [0.1, 0.15) is 36.6 Å². The van der Waals surface area contributed by atoms with Crippen molar-refractivity contribution in [2.45, 2.75) is 87.7 Å². The van der Waals surface area contributed by atoms with E-state index < -0.39 is 85.3 Å². The van der Waals surface area contributed by atoms with E-state index in [1.807, 2.05) is 91.0 Å². The number of nitrogens with one attached hydrogen (secondary N) is 1. The van der Waals surface area contributed by atoms with Gasteiger partial charge >= 0.3 is 0 Å². The summed E-state index contributed by atoms with van der Waals surface area (Å²) in [5.41, 5.74) is 2.67. The Bertz CT molecular complexity index is 2250. The first-order valence-electron chi connectivity index (χ1n) is 20.5. The standard InChI is InChI=1S/C48H48N2O12/c1-30-39(57-27-31-16-6-2-7-17-31)41(58-28-32-18-8-3-9-19-32)42(59-29-33-20-10-4-11-21-33)47(60-30)61-40-38(52)37(26-51)62-48(43(40)53,49-44(54)34-22-12-5-13-23-34)50-45(55)35-24-14-15-25-36(35)46(50)56/h2-25,30,37-43,47,51-53H,26-29H2,1H3,(H,49,54)/t30-,37+,38+,39+,40-,41+,42-,43+,47-,48-/m0/s1. The monoisotopic (exact) mass is 844 g/mol. The fourth-order valence-corrected chi connectivity index (χ4v) is 8.08. The molecule has 2 saturated heterocycles. The van der Waals surface area contributed by atoms with Gasteiger partial charge in [-0.1, -0.05) is 121 Å². The summed E-state index contributed by atoms with van der Waals surface area (Å²) in [6.45, 7) is 1.30. The number of rotatable bonds is 15. The minimum atomic E-state index is -2.73. The predicted octanol–water partition coefficient (Wildman–Crippen LogP) is 4.37. The molecule has 0 unspecified atom stereocenters. The van der Waals surface area contributed by atoms with Gasteiger partial charge in [-0.05, 0) is 47.9 Å². The van der Waals surface area contributed by atoms with Gasteiger partial charge in [-0.15, -0.1) is 0 Å². The Morgan fingerprint density at radius 1 is 0.645 bits per heavy atom. The van der Waals surface area contributed by atoms with Crippen LogP contribution in [-0.2, 0) is 48.2 Å². The third-order valence-electron chi connectivity index (χ3n) is 11.3. The van der Waals surface area contributed by atoms with E-state index in [0.717, 1.165) is 16.7 Å². The Hall–Kier alpha value is -5.65. The van der Waals surface area contributed by atoms with Crippen LogP contribution in [0.25, 0.3) is 0 Å². The predicted molar refractivity (Wildman–Crippen MR) is 222 cm³/mol. The van der Waals surface area contributed by atoms with Crippen molar-refractivity contribution >= 4 is 17.7 Å². The SMILES string of the molecule is C[C@@H]1O[C@@H](O[C@H]2[C@H](O)[C@@H](CO)O[C@@](NC(=O)c3ccccc3)(N3C(=O)c4ccccc4C3=O)[C@@H]2O)[C@@H](OCc2ccccc2)[C@H](OCc2ccccc2)[C@@H]1OCc1ccccc1. The molecule has 8 rings (SSSR count). The van der Waals surface area contributed by atoms with E-state index in [-0.39, 0.29) is 36.5 Å². The van der Waals surface area contributed by atoms with Crippen molar-refractivity contribution in [1.29, 1.82) is 0 Å². The number of ether oxygens (including phenoxy) is 6. The smallest absolute Gasteiger partial charge is 0.265 e. The summed E-state index contributed by atoms with van der Waals surface area (Å²) in [7, 11) is 0. The molecule has 0 aromatic heterocycles. The number of imide groups is 1. The van der Waals surface area contributed by atoms with Crippen molar-refractivity contribution in [2.75, 3.05) is 6.61 Å². The largest absolute Gasteiger partial charge is 0.394 e. The second kappa shape index (κ2) is 19.2. The summed E-state index contributed by atoms with van der Waals surface area (Å²) in [5, 5.41) is 37.8. The lowest BCUT2D eigenvalue weighted by Crippen LogP contribution is -2.79. The molecule has 3 amide bonds. The normalized spacial score (nSPS) is 28.4. The molecule has 4 N–H and O–H groups in total. The first-order chi connectivity index (χ1) is 30.2. The number of aliphatic hydroxyl groups is 3. The summed E-state index contributed by atoms with van der Waals surface area (Å²) in [4.78, 5) is 43.1. The molecule has 2 fully saturated rings. The van der Waals surface area contributed by atoms with Crippen LogP contribution in [0.15, 0.2) is 146 Å². The zero-order valence-corrected chi connectivity index (χ0v) is 33.8. The molecule has 0 aliphatic carbocycles. The van der Waals surface area contributed by atoms with Crippen LogP contribution < -0.4 is 5.32 Å². The fourth-order valence-electron chi connectivity index (χ4n) is 8.08. The minimum absolute atomic E-state index is 0.00969. The van der Waals surface area contributed by atoms with Gasteiger partial charge in [0.2, 0.25) is 0 Å². The number of carbonyl (C=O) groups is 3. The molecule has 0 bridgehead atoms. The molecule has 14 nitrogen and oxygen atoms in total. The van der Waals surface area contributed by atoms with Crippen molar-refractivity contribution < 1.29 is 58.1 Å². The number of hydrogen-bond donors (Lipinski definition) is 4. The van der Waals surface area contributed by atoms with Crippen molar-refractivity contribution in [3.8, 4) is 0 Å². The van der Waals surface area contributed by atoms with Gasteiger partial charge in [0.05, 0.1) is 43.7 Å². The molecule has 0 radical (unpaired) electrons. The molecule has 10 atom stereocenters. The summed E-state index contributed by atoms with van der Waals surface area (Å²) < 4.78 is 39.3. The summed E-state index contributed by atoms with van der Waals surface area (Å²) >= 11 is 0. The quantitative estimate of drug-likeness (QED) is 0.110. The molecule has 3 aliphatic heterocycles. The maximum atomic E-state index is 14.2. The van der Waals surface area contributed by atoms with Gasteiger partial charge < -0.3 is 49.1 Å². The summed E-state index contributed by atoms with van der Waals surface area (Å²) in [6.07, 6.45) is -12.4. The maximum Gasteiger partial charge on any atom is 0.265 e. The van der Waals surface area contributed by atoms with E-state index in [1.165, 1.54) is 24.3 Å². The maximum absolute atomic E-state index is 14.2. The molecule has 62 heavy (non-hydrogen) atoms. The molecule has 5 aromatic carbocycles. The highest BCUT2D eigenvalue weighted by Crippen LogP contribution is 2.40. The van der Waals surface area contributed by atoms with Gasteiger partial charge in [-0.3, -0.25) is 14.4 Å². The molecule has 322 valence electrons. The highest BCUT2D eigenvalue weighted by atomic mass is 16.7. The first-order valence-corrected chi connectivity index (χ1v) is 20.5. The van der Waals surface area contributed by atoms with Gasteiger partial charge in [-0.2, -0.15) is 0 Å². The number of hydrogen-bond acceptors (Lipinski definition) is 12. The lowest BCUT2D eigenvalue weighted by atomic mass is 9.92. The molecular weight excluding hydrogens is 797 g/mol. The molecule has 14 heteroatoms. The topological polar surface area (TPSA) is 183 Å². The van der Waals surface area contributed by atoms with Gasteiger partial charge in [0.25, 0.3) is 23.6 Å². The zero-order valence-electron chi connectivity index (χ0n) is 33.8. The number of aliphatic hydroxyl groups excluding tert-OH is 3. The van der Waals surface area contributed by atoms with Crippen LogP contribution in [-0.4, -0.2) is 106 Å². The fraction of sp³-hybridized carbons (Fsp3) is 0.312. The van der Waals surface area contributed by atoms with Crippen molar-refractivity contribution in [3.63, 3.8) is 0 Å². The van der Waals surface area contributed by atoms with Crippen molar-refractivity contribution in [1.82, 2.24) is 10.2 Å². The number of nitrogens with zero attached hydrogens (tertiary/aromatic N) is 1. The second-order valence-electron chi connectivity index (χ2n) is 15.4. The summed E-state index contributed by atoms with van der Waals surface area (Å²) in [6, 6.07) is 42.4. The van der Waals surface area contributed by atoms with E-state index in [1.54, 1.807) is 37.3 Å². The second-order valence-corrected chi connectivity index (χ2v) is 15.4. The van der Waals surface area contributed by atoms with Crippen LogP contribution in [0.2, 0.25) is 0 Å². The van der Waals surface area contributed by atoms with Crippen molar-refractivity contribution in [3.05, 3.63) is 179 Å². The van der Waals surface area contributed by atoms with Gasteiger partial charge in [0, 0.05) is 5.56 Å². The lowest BCUT2D eigenvalue weighted by molar-refractivity contribution is -0.371. The van der Waals surface area contributed by atoms with E-state index in [9.17, 15) is 29.7 Å². The molecule has 3 heterocycles. The van der Waals surface area contributed by atoms with Crippen LogP contribution in [0.4, 0.5) is 0 Å². The average Bonchev–Trinajstić information content (AvgIpc) is 3.57. The molecular formula is C48H48N2O12. The lowest BCUT2D eigenvalue weighted by Gasteiger charge is -2.53. The van der Waals surface area contributed by atoms with Gasteiger partial charge in [0.15, 0.2) is 12.4 Å². The summed E-state index contributed by atoms with van der Waals surface area (Å²) in [5.74, 6) is -5.37. The van der Waals surface area contributed by atoms with Crippen LogP contribution in [0.5, 0.6) is 0 Å². The molecule has 0 saturated carbocycles.